The lowest BCUT2D eigenvalue weighted by Gasteiger charge is -2.35. The number of hydrogen-bond acceptors (Lipinski definition) is 4. The minimum absolute atomic E-state index is 0.0663. The van der Waals surface area contributed by atoms with Gasteiger partial charge in [-0.3, -0.25) is 9.59 Å². The highest BCUT2D eigenvalue weighted by atomic mass is 32.2. The molecular formula is C12H20N2O3S. The van der Waals surface area contributed by atoms with Crippen LogP contribution in [0.2, 0.25) is 0 Å². The SMILES string of the molecule is O=C(O)CC1CSCCN1C(=O)CC1CCCN1. The first-order valence-electron chi connectivity index (χ1n) is 6.49. The lowest BCUT2D eigenvalue weighted by Crippen LogP contribution is -2.48. The van der Waals surface area contributed by atoms with Gasteiger partial charge in [0.15, 0.2) is 0 Å². The molecule has 0 spiro atoms. The number of amides is 1. The van der Waals surface area contributed by atoms with Crippen molar-refractivity contribution in [2.45, 2.75) is 37.8 Å². The molecule has 102 valence electrons. The molecule has 0 saturated carbocycles. The molecule has 2 unspecified atom stereocenters. The molecule has 2 rings (SSSR count). The molecule has 2 fully saturated rings. The first-order valence-corrected chi connectivity index (χ1v) is 7.64. The zero-order chi connectivity index (χ0) is 13.0. The molecule has 2 aliphatic heterocycles. The Balaban J connectivity index is 1.90. The van der Waals surface area contributed by atoms with Gasteiger partial charge in [-0.05, 0) is 19.4 Å². The molecule has 18 heavy (non-hydrogen) atoms. The zero-order valence-electron chi connectivity index (χ0n) is 10.4. The monoisotopic (exact) mass is 272 g/mol. The highest BCUT2D eigenvalue weighted by molar-refractivity contribution is 7.99. The third-order valence-electron chi connectivity index (χ3n) is 3.54. The molecule has 1 amide bonds. The van der Waals surface area contributed by atoms with E-state index in [1.54, 1.807) is 16.7 Å². The number of nitrogens with zero attached hydrogens (tertiary/aromatic N) is 1. The van der Waals surface area contributed by atoms with Crippen molar-refractivity contribution in [3.05, 3.63) is 0 Å². The van der Waals surface area contributed by atoms with E-state index in [2.05, 4.69) is 5.32 Å². The molecular weight excluding hydrogens is 252 g/mol. The molecule has 2 heterocycles. The summed E-state index contributed by atoms with van der Waals surface area (Å²) in [5.74, 6) is 0.955. The van der Waals surface area contributed by atoms with Crippen molar-refractivity contribution < 1.29 is 14.7 Å². The molecule has 0 aromatic heterocycles. The predicted molar refractivity (Wildman–Crippen MR) is 70.7 cm³/mol. The Morgan fingerprint density at radius 3 is 2.89 bits per heavy atom. The fraction of sp³-hybridized carbons (Fsp3) is 0.833. The van der Waals surface area contributed by atoms with E-state index in [9.17, 15) is 9.59 Å². The van der Waals surface area contributed by atoms with Crippen molar-refractivity contribution in [3.63, 3.8) is 0 Å². The number of carbonyl (C=O) groups excluding carboxylic acids is 1. The first kappa shape index (κ1) is 13.7. The van der Waals surface area contributed by atoms with Crippen LogP contribution in [-0.4, -0.2) is 58.6 Å². The largest absolute Gasteiger partial charge is 0.481 e. The smallest absolute Gasteiger partial charge is 0.305 e. The summed E-state index contributed by atoms with van der Waals surface area (Å²) in [6.45, 7) is 1.68. The van der Waals surface area contributed by atoms with Gasteiger partial charge in [0.1, 0.15) is 0 Å². The summed E-state index contributed by atoms with van der Waals surface area (Å²) in [6, 6.07) is 0.160. The fourth-order valence-electron chi connectivity index (χ4n) is 2.61. The van der Waals surface area contributed by atoms with Gasteiger partial charge in [0.05, 0.1) is 12.5 Å². The lowest BCUT2D eigenvalue weighted by molar-refractivity contribution is -0.140. The number of aliphatic carboxylic acids is 1. The quantitative estimate of drug-likeness (QED) is 0.782. The van der Waals surface area contributed by atoms with Gasteiger partial charge in [-0.15, -0.1) is 0 Å². The Morgan fingerprint density at radius 1 is 1.39 bits per heavy atom. The van der Waals surface area contributed by atoms with Crippen LogP contribution in [0.1, 0.15) is 25.7 Å². The molecule has 2 N–H and O–H groups in total. The van der Waals surface area contributed by atoms with E-state index in [4.69, 9.17) is 5.11 Å². The summed E-state index contributed by atoms with van der Waals surface area (Å²) in [6.07, 6.45) is 2.77. The van der Waals surface area contributed by atoms with Crippen LogP contribution in [0.3, 0.4) is 0 Å². The van der Waals surface area contributed by atoms with E-state index in [0.717, 1.165) is 30.9 Å². The number of carbonyl (C=O) groups is 2. The van der Waals surface area contributed by atoms with Gasteiger partial charge in [0.2, 0.25) is 5.91 Å². The van der Waals surface area contributed by atoms with Gasteiger partial charge < -0.3 is 15.3 Å². The molecule has 0 aliphatic carbocycles. The minimum Gasteiger partial charge on any atom is -0.481 e. The Kier molecular flexibility index (Phi) is 4.88. The summed E-state index contributed by atoms with van der Waals surface area (Å²) in [5.41, 5.74) is 0. The van der Waals surface area contributed by atoms with E-state index >= 15 is 0 Å². The highest BCUT2D eigenvalue weighted by Crippen LogP contribution is 2.21. The second-order valence-electron chi connectivity index (χ2n) is 4.91. The van der Waals surface area contributed by atoms with Crippen LogP contribution in [-0.2, 0) is 9.59 Å². The van der Waals surface area contributed by atoms with Crippen molar-refractivity contribution in [1.29, 1.82) is 0 Å². The van der Waals surface area contributed by atoms with Crippen molar-refractivity contribution in [3.8, 4) is 0 Å². The maximum Gasteiger partial charge on any atom is 0.305 e. The van der Waals surface area contributed by atoms with E-state index < -0.39 is 5.97 Å². The third-order valence-corrected chi connectivity index (χ3v) is 4.63. The van der Waals surface area contributed by atoms with Gasteiger partial charge in [-0.25, -0.2) is 0 Å². The van der Waals surface area contributed by atoms with Crippen molar-refractivity contribution in [1.82, 2.24) is 10.2 Å². The molecule has 2 aliphatic rings. The van der Waals surface area contributed by atoms with Gasteiger partial charge in [-0.1, -0.05) is 0 Å². The van der Waals surface area contributed by atoms with Crippen LogP contribution in [0.5, 0.6) is 0 Å². The zero-order valence-corrected chi connectivity index (χ0v) is 11.2. The minimum atomic E-state index is -0.820. The highest BCUT2D eigenvalue weighted by Gasteiger charge is 2.30. The van der Waals surface area contributed by atoms with Crippen LogP contribution in [0.15, 0.2) is 0 Å². The van der Waals surface area contributed by atoms with E-state index in [1.165, 1.54) is 0 Å². The fourth-order valence-corrected chi connectivity index (χ4v) is 3.68. The second-order valence-corrected chi connectivity index (χ2v) is 6.06. The number of thioether (sulfide) groups is 1. The van der Waals surface area contributed by atoms with Gasteiger partial charge in [0, 0.05) is 30.5 Å². The molecule has 0 radical (unpaired) electrons. The summed E-state index contributed by atoms with van der Waals surface area (Å²) in [5, 5.41) is 12.2. The molecule has 0 aromatic rings. The van der Waals surface area contributed by atoms with Crippen LogP contribution < -0.4 is 5.32 Å². The number of carboxylic acids is 1. The van der Waals surface area contributed by atoms with E-state index in [1.807, 2.05) is 0 Å². The normalized spacial score (nSPS) is 28.3. The lowest BCUT2D eigenvalue weighted by atomic mass is 10.1. The number of nitrogens with one attached hydrogen (secondary N) is 1. The summed E-state index contributed by atoms with van der Waals surface area (Å²) >= 11 is 1.74. The summed E-state index contributed by atoms with van der Waals surface area (Å²) in [4.78, 5) is 24.8. The molecule has 6 heteroatoms. The summed E-state index contributed by atoms with van der Waals surface area (Å²) < 4.78 is 0. The Hall–Kier alpha value is -0.750. The van der Waals surface area contributed by atoms with E-state index in [0.29, 0.717) is 13.0 Å². The number of carboxylic acid groups (broad SMARTS) is 1. The number of rotatable bonds is 4. The van der Waals surface area contributed by atoms with Crippen molar-refractivity contribution in [2.75, 3.05) is 24.6 Å². The van der Waals surface area contributed by atoms with Crippen molar-refractivity contribution >= 4 is 23.6 Å². The maximum atomic E-state index is 12.2. The molecule has 0 bridgehead atoms. The predicted octanol–water partition coefficient (Wildman–Crippen LogP) is 0.547. The third kappa shape index (κ3) is 3.62. The van der Waals surface area contributed by atoms with E-state index in [-0.39, 0.29) is 24.4 Å². The summed E-state index contributed by atoms with van der Waals surface area (Å²) in [7, 11) is 0. The second kappa shape index (κ2) is 6.43. The molecule has 2 saturated heterocycles. The molecule has 2 atom stereocenters. The number of hydrogen-bond donors (Lipinski definition) is 2. The first-order chi connectivity index (χ1) is 8.66. The maximum absolute atomic E-state index is 12.2. The van der Waals surface area contributed by atoms with Crippen LogP contribution in [0.25, 0.3) is 0 Å². The molecule has 5 nitrogen and oxygen atoms in total. The average Bonchev–Trinajstić information content (AvgIpc) is 2.81. The Morgan fingerprint density at radius 2 is 2.22 bits per heavy atom. The van der Waals surface area contributed by atoms with Crippen LogP contribution >= 0.6 is 11.8 Å². The van der Waals surface area contributed by atoms with Gasteiger partial charge >= 0.3 is 5.97 Å². The van der Waals surface area contributed by atoms with Gasteiger partial charge in [-0.2, -0.15) is 11.8 Å². The average molecular weight is 272 g/mol. The van der Waals surface area contributed by atoms with Crippen LogP contribution in [0.4, 0.5) is 0 Å². The Bertz CT molecular complexity index is 318. The standard InChI is InChI=1S/C12H20N2O3S/c15-11(6-9-2-1-3-13-9)14-4-5-18-8-10(14)7-12(16)17/h9-10,13H,1-8H2,(H,16,17). The molecule has 0 aromatic carbocycles. The van der Waals surface area contributed by atoms with Gasteiger partial charge in [0.25, 0.3) is 0 Å². The van der Waals surface area contributed by atoms with Crippen molar-refractivity contribution in [2.24, 2.45) is 0 Å². The Labute approximate surface area is 111 Å². The van der Waals surface area contributed by atoms with Crippen LogP contribution in [0, 0.1) is 0 Å². The topological polar surface area (TPSA) is 69.6 Å².